The zero-order chi connectivity index (χ0) is 10.3. The standard InChI is InChI=1S/C12H27N/c1-11(2)9-7-6-8-10-13(5)12(3)4/h11-12H,6-10H2,1-5H3. The highest BCUT2D eigenvalue weighted by molar-refractivity contribution is 4.57. The van der Waals surface area contributed by atoms with Gasteiger partial charge in [0.1, 0.15) is 0 Å². The van der Waals surface area contributed by atoms with Crippen molar-refractivity contribution in [3.8, 4) is 0 Å². The first kappa shape index (κ1) is 13.0. The van der Waals surface area contributed by atoms with Gasteiger partial charge in [0.05, 0.1) is 0 Å². The summed E-state index contributed by atoms with van der Waals surface area (Å²) in [7, 11) is 2.22. The predicted octanol–water partition coefficient (Wildman–Crippen LogP) is 3.54. The van der Waals surface area contributed by atoms with E-state index in [-0.39, 0.29) is 0 Å². The predicted molar refractivity (Wildman–Crippen MR) is 61.1 cm³/mol. The van der Waals surface area contributed by atoms with Crippen molar-refractivity contribution < 1.29 is 0 Å². The van der Waals surface area contributed by atoms with E-state index in [9.17, 15) is 0 Å². The Morgan fingerprint density at radius 2 is 1.54 bits per heavy atom. The van der Waals surface area contributed by atoms with Gasteiger partial charge < -0.3 is 4.90 Å². The molecule has 0 radical (unpaired) electrons. The maximum atomic E-state index is 2.43. The fraction of sp³-hybridized carbons (Fsp3) is 1.00. The summed E-state index contributed by atoms with van der Waals surface area (Å²) in [6.45, 7) is 10.4. The molecule has 0 aliphatic heterocycles. The van der Waals surface area contributed by atoms with Crippen molar-refractivity contribution >= 4 is 0 Å². The number of hydrogen-bond acceptors (Lipinski definition) is 1. The summed E-state index contributed by atoms with van der Waals surface area (Å²) in [4.78, 5) is 2.43. The van der Waals surface area contributed by atoms with E-state index in [4.69, 9.17) is 0 Å². The average Bonchev–Trinajstić information content (AvgIpc) is 2.02. The molecule has 0 N–H and O–H groups in total. The zero-order valence-electron chi connectivity index (χ0n) is 10.1. The molecule has 0 atom stereocenters. The molecule has 1 nitrogen and oxygen atoms in total. The van der Waals surface area contributed by atoms with Gasteiger partial charge >= 0.3 is 0 Å². The summed E-state index contributed by atoms with van der Waals surface area (Å²) >= 11 is 0. The van der Waals surface area contributed by atoms with Gasteiger partial charge in [-0.05, 0) is 39.8 Å². The quantitative estimate of drug-likeness (QED) is 0.548. The minimum atomic E-state index is 0.699. The summed E-state index contributed by atoms with van der Waals surface area (Å²) in [5.41, 5.74) is 0. The van der Waals surface area contributed by atoms with Gasteiger partial charge in [-0.25, -0.2) is 0 Å². The molecule has 0 saturated heterocycles. The monoisotopic (exact) mass is 185 g/mol. The largest absolute Gasteiger partial charge is 0.304 e. The molecule has 1 heteroatoms. The first-order valence-corrected chi connectivity index (χ1v) is 5.74. The molecule has 0 saturated carbocycles. The van der Waals surface area contributed by atoms with Gasteiger partial charge in [-0.15, -0.1) is 0 Å². The van der Waals surface area contributed by atoms with Gasteiger partial charge in [0, 0.05) is 6.04 Å². The van der Waals surface area contributed by atoms with Crippen LogP contribution in [0.5, 0.6) is 0 Å². The molecule has 0 spiro atoms. The second-order valence-electron chi connectivity index (χ2n) is 4.82. The summed E-state index contributed by atoms with van der Waals surface area (Å²) in [6.07, 6.45) is 5.56. The Labute approximate surface area is 84.5 Å². The Balaban J connectivity index is 3.16. The lowest BCUT2D eigenvalue weighted by Gasteiger charge is -2.20. The molecule has 80 valence electrons. The van der Waals surface area contributed by atoms with Gasteiger partial charge in [-0.3, -0.25) is 0 Å². The van der Waals surface area contributed by atoms with Crippen LogP contribution in [0, 0.1) is 5.92 Å². The van der Waals surface area contributed by atoms with Crippen LogP contribution in [0.2, 0.25) is 0 Å². The first-order valence-electron chi connectivity index (χ1n) is 5.74. The van der Waals surface area contributed by atoms with Crippen LogP contribution in [-0.2, 0) is 0 Å². The second kappa shape index (κ2) is 7.37. The van der Waals surface area contributed by atoms with Crippen molar-refractivity contribution in [2.45, 2.75) is 59.4 Å². The molecular formula is C12H27N. The first-order chi connectivity index (χ1) is 6.04. The fourth-order valence-electron chi connectivity index (χ4n) is 1.35. The average molecular weight is 185 g/mol. The van der Waals surface area contributed by atoms with Crippen LogP contribution in [0.1, 0.15) is 53.4 Å². The van der Waals surface area contributed by atoms with E-state index in [0.717, 1.165) is 5.92 Å². The van der Waals surface area contributed by atoms with E-state index in [0.29, 0.717) is 6.04 Å². The molecule has 0 fully saturated rings. The summed E-state index contributed by atoms with van der Waals surface area (Å²) in [6, 6.07) is 0.699. The molecule has 0 aliphatic carbocycles. The van der Waals surface area contributed by atoms with E-state index in [2.05, 4.69) is 39.6 Å². The SMILES string of the molecule is CC(C)CCCCCN(C)C(C)C. The van der Waals surface area contributed by atoms with Gasteiger partial charge in [-0.1, -0.05) is 33.1 Å². The Morgan fingerprint density at radius 3 is 2.00 bits per heavy atom. The molecule has 0 unspecified atom stereocenters. The Bertz CT molecular complexity index is 108. The fourth-order valence-corrected chi connectivity index (χ4v) is 1.35. The minimum absolute atomic E-state index is 0.699. The smallest absolute Gasteiger partial charge is 0.00355 e. The highest BCUT2D eigenvalue weighted by atomic mass is 15.1. The maximum absolute atomic E-state index is 2.43. The molecule has 0 rings (SSSR count). The molecule has 0 heterocycles. The molecule has 0 aromatic carbocycles. The van der Waals surface area contributed by atoms with Crippen LogP contribution >= 0.6 is 0 Å². The van der Waals surface area contributed by atoms with E-state index >= 15 is 0 Å². The van der Waals surface area contributed by atoms with E-state index in [1.165, 1.54) is 32.2 Å². The molecule has 13 heavy (non-hydrogen) atoms. The van der Waals surface area contributed by atoms with Gasteiger partial charge in [0.2, 0.25) is 0 Å². The molecule has 0 aliphatic rings. The Hall–Kier alpha value is -0.0400. The van der Waals surface area contributed by atoms with Crippen LogP contribution in [0.3, 0.4) is 0 Å². The van der Waals surface area contributed by atoms with E-state index < -0.39 is 0 Å². The van der Waals surface area contributed by atoms with Crippen LogP contribution < -0.4 is 0 Å². The van der Waals surface area contributed by atoms with Crippen LogP contribution in [-0.4, -0.2) is 24.5 Å². The Kier molecular flexibility index (Phi) is 7.35. The van der Waals surface area contributed by atoms with E-state index in [1.54, 1.807) is 0 Å². The number of nitrogens with zero attached hydrogens (tertiary/aromatic N) is 1. The molecule has 0 aromatic rings. The minimum Gasteiger partial charge on any atom is -0.304 e. The molecule has 0 aromatic heterocycles. The topological polar surface area (TPSA) is 3.24 Å². The lowest BCUT2D eigenvalue weighted by molar-refractivity contribution is 0.266. The normalized spacial score (nSPS) is 12.0. The van der Waals surface area contributed by atoms with Crippen LogP contribution in [0.15, 0.2) is 0 Å². The second-order valence-corrected chi connectivity index (χ2v) is 4.82. The number of rotatable bonds is 7. The lowest BCUT2D eigenvalue weighted by Crippen LogP contribution is -2.27. The zero-order valence-corrected chi connectivity index (χ0v) is 10.1. The van der Waals surface area contributed by atoms with Gasteiger partial charge in [-0.2, -0.15) is 0 Å². The third-order valence-electron chi connectivity index (χ3n) is 2.67. The molecular weight excluding hydrogens is 158 g/mol. The lowest BCUT2D eigenvalue weighted by atomic mass is 10.1. The van der Waals surface area contributed by atoms with Crippen molar-refractivity contribution in [3.05, 3.63) is 0 Å². The number of unbranched alkanes of at least 4 members (excludes halogenated alkanes) is 2. The van der Waals surface area contributed by atoms with Crippen molar-refractivity contribution in [1.82, 2.24) is 4.90 Å². The summed E-state index contributed by atoms with van der Waals surface area (Å²) in [5.74, 6) is 0.878. The van der Waals surface area contributed by atoms with Gasteiger partial charge in [0.15, 0.2) is 0 Å². The highest BCUT2D eigenvalue weighted by Gasteiger charge is 2.01. The number of hydrogen-bond donors (Lipinski definition) is 0. The maximum Gasteiger partial charge on any atom is 0.00355 e. The Morgan fingerprint density at radius 1 is 0.923 bits per heavy atom. The third kappa shape index (κ3) is 8.29. The van der Waals surface area contributed by atoms with E-state index in [1.807, 2.05) is 0 Å². The van der Waals surface area contributed by atoms with Crippen molar-refractivity contribution in [2.24, 2.45) is 5.92 Å². The van der Waals surface area contributed by atoms with Crippen LogP contribution in [0.25, 0.3) is 0 Å². The van der Waals surface area contributed by atoms with Crippen molar-refractivity contribution in [3.63, 3.8) is 0 Å². The molecule has 0 bridgehead atoms. The van der Waals surface area contributed by atoms with Crippen molar-refractivity contribution in [2.75, 3.05) is 13.6 Å². The summed E-state index contributed by atoms with van der Waals surface area (Å²) in [5, 5.41) is 0. The third-order valence-corrected chi connectivity index (χ3v) is 2.67. The van der Waals surface area contributed by atoms with Crippen LogP contribution in [0.4, 0.5) is 0 Å². The molecule has 0 amide bonds. The van der Waals surface area contributed by atoms with Gasteiger partial charge in [0.25, 0.3) is 0 Å². The highest BCUT2D eigenvalue weighted by Crippen LogP contribution is 2.08. The van der Waals surface area contributed by atoms with Crippen molar-refractivity contribution in [1.29, 1.82) is 0 Å². The summed E-state index contributed by atoms with van der Waals surface area (Å²) < 4.78 is 0.